The van der Waals surface area contributed by atoms with Gasteiger partial charge in [0.25, 0.3) is 0 Å². The van der Waals surface area contributed by atoms with Crippen LogP contribution in [0.5, 0.6) is 0 Å². The van der Waals surface area contributed by atoms with E-state index >= 15 is 0 Å². The number of aromatic nitrogens is 4. The zero-order valence-electron chi connectivity index (χ0n) is 14.0. The molecule has 0 aliphatic heterocycles. The van der Waals surface area contributed by atoms with Gasteiger partial charge in [-0.15, -0.1) is 0 Å². The second kappa shape index (κ2) is 6.50. The first-order chi connectivity index (χ1) is 14.0. The third-order valence-corrected chi connectivity index (χ3v) is 3.93. The van der Waals surface area contributed by atoms with E-state index in [1.807, 2.05) is 0 Å². The summed E-state index contributed by atoms with van der Waals surface area (Å²) >= 11 is 0. The highest BCUT2D eigenvalue weighted by molar-refractivity contribution is 5.81. The van der Waals surface area contributed by atoms with Crippen LogP contribution in [0.2, 0.25) is 0 Å². The fraction of sp³-hybridized carbons (Fsp3) is 0.125. The fourth-order valence-electron chi connectivity index (χ4n) is 2.86. The van der Waals surface area contributed by atoms with Crippen molar-refractivity contribution in [2.45, 2.75) is 12.4 Å². The van der Waals surface area contributed by atoms with Crippen LogP contribution in [0.15, 0.2) is 12.4 Å². The highest BCUT2D eigenvalue weighted by Gasteiger charge is 2.44. The van der Waals surface area contributed by atoms with Crippen molar-refractivity contribution in [2.75, 3.05) is 0 Å². The van der Waals surface area contributed by atoms with Crippen LogP contribution >= 0.6 is 0 Å². The van der Waals surface area contributed by atoms with Gasteiger partial charge < -0.3 is 0 Å². The molecule has 14 heteroatoms. The van der Waals surface area contributed by atoms with Gasteiger partial charge >= 0.3 is 12.4 Å². The van der Waals surface area contributed by atoms with Crippen molar-refractivity contribution in [1.29, 1.82) is 21.0 Å². The van der Waals surface area contributed by atoms with Gasteiger partial charge in [0, 0.05) is 0 Å². The molecule has 0 spiro atoms. The van der Waals surface area contributed by atoms with Gasteiger partial charge in [0.1, 0.15) is 46.5 Å². The fourth-order valence-corrected chi connectivity index (χ4v) is 2.86. The van der Waals surface area contributed by atoms with Crippen molar-refractivity contribution in [3.05, 3.63) is 34.2 Å². The Morgan fingerprint density at radius 3 is 1.20 bits per heavy atom. The first kappa shape index (κ1) is 20.2. The lowest BCUT2D eigenvalue weighted by Gasteiger charge is -2.16. The van der Waals surface area contributed by atoms with Crippen LogP contribution in [0.3, 0.4) is 0 Å². The summed E-state index contributed by atoms with van der Waals surface area (Å²) in [5.41, 5.74) is -7.82. The standard InChI is InChI=1S/C16H2F6N8/c17-15(18,19)13-11-9(7(1-23)2-24)5-27-29(11)14(16(20,21)22)12-10(6-28-30(12)13)8(3-25)4-26/h5-6H. The number of nitrogens with zero attached hydrogens (tertiary/aromatic N) is 8. The van der Waals surface area contributed by atoms with E-state index in [0.29, 0.717) is 12.4 Å². The maximum absolute atomic E-state index is 13.9. The molecule has 0 unspecified atom stereocenters. The number of fused-ring (bicyclic) bond motifs is 2. The van der Waals surface area contributed by atoms with Crippen molar-refractivity contribution in [2.24, 2.45) is 0 Å². The zero-order chi connectivity index (χ0) is 22.4. The largest absolute Gasteiger partial charge is 0.435 e. The molecule has 0 aliphatic carbocycles. The summed E-state index contributed by atoms with van der Waals surface area (Å²) in [5.74, 6) is 0. The summed E-state index contributed by atoms with van der Waals surface area (Å²) in [6.07, 6.45) is -9.62. The van der Waals surface area contributed by atoms with E-state index in [1.54, 1.807) is 0 Å². The summed E-state index contributed by atoms with van der Waals surface area (Å²) in [5, 5.41) is 41.0. The molecule has 3 aromatic rings. The van der Waals surface area contributed by atoms with Crippen LogP contribution in [0.4, 0.5) is 26.3 Å². The molecule has 0 saturated carbocycles. The number of halogens is 6. The average Bonchev–Trinajstić information content (AvgIpc) is 3.25. The molecule has 0 aromatic carbocycles. The number of nitriles is 4. The lowest BCUT2D eigenvalue weighted by Crippen LogP contribution is -2.26. The molecular weight excluding hydrogens is 418 g/mol. The summed E-state index contributed by atoms with van der Waals surface area (Å²) in [6.45, 7) is 0. The van der Waals surface area contributed by atoms with Gasteiger partial charge in [0.05, 0.1) is 22.8 Å². The van der Waals surface area contributed by atoms with Crippen LogP contribution in [0.1, 0.15) is 11.4 Å². The Hall–Kier alpha value is -4.56. The van der Waals surface area contributed by atoms with Gasteiger partial charge in [0.15, 0.2) is 11.4 Å². The summed E-state index contributed by atoms with van der Waals surface area (Å²) in [6, 6.07) is 5.23. The van der Waals surface area contributed by atoms with Gasteiger partial charge in [-0.2, -0.15) is 57.6 Å². The maximum atomic E-state index is 13.9. The predicted octanol–water partition coefficient (Wildman–Crippen LogP) is 1.42. The van der Waals surface area contributed by atoms with Gasteiger partial charge in [-0.3, -0.25) is 0 Å². The van der Waals surface area contributed by atoms with Gasteiger partial charge in [-0.05, 0) is 0 Å². The lowest BCUT2D eigenvalue weighted by molar-refractivity contribution is -0.146. The highest BCUT2D eigenvalue weighted by Crippen LogP contribution is 2.37. The molecule has 0 aliphatic rings. The van der Waals surface area contributed by atoms with Crippen LogP contribution in [-0.2, 0) is 12.4 Å². The normalized spacial score (nSPS) is 11.5. The zero-order valence-corrected chi connectivity index (χ0v) is 14.0. The minimum Gasteiger partial charge on any atom is -0.223 e. The third kappa shape index (κ3) is 2.76. The van der Waals surface area contributed by atoms with Crippen LogP contribution in [-0.4, -0.2) is 19.2 Å². The predicted molar refractivity (Wildman–Crippen MR) is 82.5 cm³/mol. The van der Waals surface area contributed by atoms with Crippen molar-refractivity contribution < 1.29 is 26.3 Å². The Labute approximate surface area is 160 Å². The highest BCUT2D eigenvalue weighted by atomic mass is 19.4. The molecule has 0 bridgehead atoms. The molecule has 0 N–H and O–H groups in total. The smallest absolute Gasteiger partial charge is 0.223 e. The van der Waals surface area contributed by atoms with E-state index in [0.717, 1.165) is 0 Å². The lowest BCUT2D eigenvalue weighted by atomic mass is 10.1. The molecule has 3 rings (SSSR count). The molecule has 0 atom stereocenters. The summed E-state index contributed by atoms with van der Waals surface area (Å²) in [4.78, 5) is 0. The molecule has 8 nitrogen and oxygen atoms in total. The molecule has 0 amide bonds. The Morgan fingerprint density at radius 2 is 0.967 bits per heavy atom. The summed E-state index contributed by atoms with van der Waals surface area (Å²) < 4.78 is 83.1. The minimum atomic E-state index is -5.32. The minimum absolute atomic E-state index is 0.125. The molecule has 148 valence electrons. The number of rotatable bonds is 0. The molecule has 30 heavy (non-hydrogen) atoms. The van der Waals surface area contributed by atoms with Crippen LogP contribution in [0, 0.1) is 45.3 Å². The van der Waals surface area contributed by atoms with Crippen molar-refractivity contribution in [3.63, 3.8) is 0 Å². The van der Waals surface area contributed by atoms with Crippen molar-refractivity contribution >= 4 is 22.2 Å². The Kier molecular flexibility index (Phi) is 4.37. The average molecular weight is 420 g/mol. The van der Waals surface area contributed by atoms with Crippen LogP contribution < -0.4 is 10.4 Å². The number of hydrogen-bond acceptors (Lipinski definition) is 6. The Morgan fingerprint density at radius 1 is 0.667 bits per heavy atom. The second-order valence-electron chi connectivity index (χ2n) is 5.53. The van der Waals surface area contributed by atoms with E-state index < -0.39 is 56.4 Å². The van der Waals surface area contributed by atoms with Gasteiger partial charge in [0.2, 0.25) is 0 Å². The molecule has 3 aromatic heterocycles. The number of hydrogen-bond donors (Lipinski definition) is 0. The number of alkyl halides is 6. The first-order valence-electron chi connectivity index (χ1n) is 7.42. The molecule has 0 saturated heterocycles. The first-order valence-corrected chi connectivity index (χ1v) is 7.42. The van der Waals surface area contributed by atoms with Gasteiger partial charge in [-0.25, -0.2) is 9.03 Å². The van der Waals surface area contributed by atoms with Crippen LogP contribution in [0.25, 0.3) is 22.2 Å². The molecular formula is C16H2F6N8. The SMILES string of the molecule is N#CC(C#N)=c1cnn2c(C(F)(F)F)c3c(=C(C#N)C#N)cnn3c(C(F)(F)F)c12. The topological polar surface area (TPSA) is 130 Å². The van der Waals surface area contributed by atoms with Gasteiger partial charge in [-0.1, -0.05) is 0 Å². The molecule has 0 radical (unpaired) electrons. The molecule has 3 heterocycles. The van der Waals surface area contributed by atoms with E-state index in [4.69, 9.17) is 21.0 Å². The van der Waals surface area contributed by atoms with E-state index in [9.17, 15) is 26.3 Å². The third-order valence-electron chi connectivity index (χ3n) is 3.93. The van der Waals surface area contributed by atoms with E-state index in [-0.39, 0.29) is 9.03 Å². The maximum Gasteiger partial charge on any atom is 0.435 e. The monoisotopic (exact) mass is 420 g/mol. The quantitative estimate of drug-likeness (QED) is 0.506. The van der Waals surface area contributed by atoms with E-state index in [2.05, 4.69) is 10.2 Å². The Balaban J connectivity index is 2.92. The second-order valence-corrected chi connectivity index (χ2v) is 5.53. The van der Waals surface area contributed by atoms with Crippen molar-refractivity contribution in [1.82, 2.24) is 19.2 Å². The van der Waals surface area contributed by atoms with Crippen molar-refractivity contribution in [3.8, 4) is 24.3 Å². The summed E-state index contributed by atoms with van der Waals surface area (Å²) in [7, 11) is 0. The van der Waals surface area contributed by atoms with E-state index in [1.165, 1.54) is 24.3 Å². The molecule has 0 fully saturated rings. The Bertz CT molecular complexity index is 1360.